The Morgan fingerprint density at radius 2 is 1.81 bits per heavy atom. The first-order chi connectivity index (χ1) is 12.0. The normalized spacial score (nSPS) is 17.0. The summed E-state index contributed by atoms with van der Waals surface area (Å²) in [6, 6.07) is 2.33. The second-order valence-corrected chi connectivity index (χ2v) is 6.39. The molecular formula is C18H28ClFN2O4. The van der Waals surface area contributed by atoms with E-state index in [0.29, 0.717) is 36.5 Å². The lowest BCUT2D eigenvalue weighted by Crippen LogP contribution is -2.50. The maximum Gasteiger partial charge on any atom is 0.229 e. The minimum atomic E-state index is -0.582. The number of hydrogen-bond donors (Lipinski definition) is 2. The Morgan fingerprint density at radius 3 is 2.35 bits per heavy atom. The second kappa shape index (κ2) is 9.94. The molecule has 8 heteroatoms. The Morgan fingerprint density at radius 1 is 1.23 bits per heavy atom. The van der Waals surface area contributed by atoms with E-state index in [0.717, 1.165) is 13.1 Å². The van der Waals surface area contributed by atoms with Gasteiger partial charge in [-0.25, -0.2) is 4.39 Å². The van der Waals surface area contributed by atoms with Crippen LogP contribution in [0.5, 0.6) is 11.5 Å². The lowest BCUT2D eigenvalue weighted by molar-refractivity contribution is -0.136. The minimum Gasteiger partial charge on any atom is -0.493 e. The van der Waals surface area contributed by atoms with Gasteiger partial charge in [0, 0.05) is 18.7 Å². The van der Waals surface area contributed by atoms with Gasteiger partial charge in [-0.05, 0) is 38.9 Å². The third-order valence-electron chi connectivity index (χ3n) is 4.78. The van der Waals surface area contributed by atoms with Gasteiger partial charge < -0.3 is 24.8 Å². The molecule has 1 unspecified atom stereocenters. The Bertz CT molecular complexity index is 604. The molecule has 26 heavy (non-hydrogen) atoms. The van der Waals surface area contributed by atoms with Crippen LogP contribution in [0.25, 0.3) is 0 Å². The van der Waals surface area contributed by atoms with Gasteiger partial charge >= 0.3 is 0 Å². The standard InChI is InChI=1S/C18H27FN2O4.ClH/c1-12(13-9-15(24-3)16(25-4)10-14(13)19)21-17(22)18(11-23-2)5-7-20-8-6-18;/h9-10,12,20H,5-8,11H2,1-4H3,(H,21,22);1H. The van der Waals surface area contributed by atoms with Crippen molar-refractivity contribution >= 4 is 18.3 Å². The Balaban J connectivity index is 0.00000338. The van der Waals surface area contributed by atoms with Crippen LogP contribution in [0.15, 0.2) is 12.1 Å². The number of piperidine rings is 1. The Labute approximate surface area is 160 Å². The van der Waals surface area contributed by atoms with Crippen molar-refractivity contribution in [1.82, 2.24) is 10.6 Å². The highest BCUT2D eigenvalue weighted by molar-refractivity contribution is 5.85. The van der Waals surface area contributed by atoms with E-state index >= 15 is 0 Å². The molecule has 6 nitrogen and oxygen atoms in total. The monoisotopic (exact) mass is 390 g/mol. The number of carbonyl (C=O) groups is 1. The van der Waals surface area contributed by atoms with E-state index in [1.165, 1.54) is 20.3 Å². The number of amides is 1. The van der Waals surface area contributed by atoms with E-state index < -0.39 is 17.3 Å². The predicted octanol–water partition coefficient (Wildman–Crippen LogP) is 2.46. The maximum absolute atomic E-state index is 14.4. The van der Waals surface area contributed by atoms with Crippen molar-refractivity contribution in [2.75, 3.05) is 41.0 Å². The van der Waals surface area contributed by atoms with Crippen molar-refractivity contribution in [3.63, 3.8) is 0 Å². The molecular weight excluding hydrogens is 363 g/mol. The number of benzene rings is 1. The van der Waals surface area contributed by atoms with E-state index in [1.54, 1.807) is 20.1 Å². The molecule has 0 bridgehead atoms. The summed E-state index contributed by atoms with van der Waals surface area (Å²) in [5.74, 6) is 0.180. The molecule has 2 N–H and O–H groups in total. The van der Waals surface area contributed by atoms with E-state index in [9.17, 15) is 9.18 Å². The largest absolute Gasteiger partial charge is 0.493 e. The third-order valence-corrected chi connectivity index (χ3v) is 4.78. The summed E-state index contributed by atoms with van der Waals surface area (Å²) < 4.78 is 30.0. The summed E-state index contributed by atoms with van der Waals surface area (Å²) in [6.07, 6.45) is 1.38. The summed E-state index contributed by atoms with van der Waals surface area (Å²) in [7, 11) is 4.54. The second-order valence-electron chi connectivity index (χ2n) is 6.39. The Kier molecular flexibility index (Phi) is 8.59. The average molecular weight is 391 g/mol. The van der Waals surface area contributed by atoms with Crippen LogP contribution in [0.1, 0.15) is 31.4 Å². The fraction of sp³-hybridized carbons (Fsp3) is 0.611. The van der Waals surface area contributed by atoms with Crippen LogP contribution in [0.2, 0.25) is 0 Å². The lowest BCUT2D eigenvalue weighted by Gasteiger charge is -2.36. The van der Waals surface area contributed by atoms with Crippen molar-refractivity contribution in [2.45, 2.75) is 25.8 Å². The molecule has 0 saturated carbocycles. The quantitative estimate of drug-likeness (QED) is 0.748. The van der Waals surface area contributed by atoms with Crippen LogP contribution in [0.4, 0.5) is 4.39 Å². The van der Waals surface area contributed by atoms with Gasteiger partial charge in [-0.1, -0.05) is 0 Å². The summed E-state index contributed by atoms with van der Waals surface area (Å²) in [5, 5.41) is 6.19. The summed E-state index contributed by atoms with van der Waals surface area (Å²) >= 11 is 0. The maximum atomic E-state index is 14.4. The first-order valence-corrected chi connectivity index (χ1v) is 8.39. The summed E-state index contributed by atoms with van der Waals surface area (Å²) in [4.78, 5) is 12.9. The van der Waals surface area contributed by atoms with Gasteiger partial charge in [-0.15, -0.1) is 12.4 Å². The van der Waals surface area contributed by atoms with Gasteiger partial charge in [-0.2, -0.15) is 0 Å². The van der Waals surface area contributed by atoms with Crippen LogP contribution in [0.3, 0.4) is 0 Å². The number of rotatable bonds is 7. The molecule has 1 fully saturated rings. The molecule has 0 spiro atoms. The topological polar surface area (TPSA) is 68.8 Å². The molecule has 0 aromatic heterocycles. The van der Waals surface area contributed by atoms with Crippen molar-refractivity contribution < 1.29 is 23.4 Å². The van der Waals surface area contributed by atoms with Crippen molar-refractivity contribution in [3.05, 3.63) is 23.5 Å². The predicted molar refractivity (Wildman–Crippen MR) is 99.7 cm³/mol. The van der Waals surface area contributed by atoms with E-state index in [1.807, 2.05) is 0 Å². The van der Waals surface area contributed by atoms with Crippen molar-refractivity contribution in [3.8, 4) is 11.5 Å². The Hall–Kier alpha value is -1.57. The number of carbonyl (C=O) groups excluding carboxylic acids is 1. The van der Waals surface area contributed by atoms with Crippen LogP contribution in [-0.4, -0.2) is 46.9 Å². The lowest BCUT2D eigenvalue weighted by atomic mass is 9.78. The van der Waals surface area contributed by atoms with Gasteiger partial charge in [0.2, 0.25) is 5.91 Å². The SMILES string of the molecule is COCC1(C(=O)NC(C)c2cc(OC)c(OC)cc2F)CCNCC1.Cl. The molecule has 1 aromatic carbocycles. The smallest absolute Gasteiger partial charge is 0.229 e. The highest BCUT2D eigenvalue weighted by Gasteiger charge is 2.40. The molecule has 2 rings (SSSR count). The zero-order valence-corrected chi connectivity index (χ0v) is 16.5. The van der Waals surface area contributed by atoms with E-state index in [4.69, 9.17) is 14.2 Å². The molecule has 148 valence electrons. The molecule has 1 aliphatic rings. The molecule has 0 aliphatic carbocycles. The fourth-order valence-corrected chi connectivity index (χ4v) is 3.25. The minimum absolute atomic E-state index is 0. The van der Waals surface area contributed by atoms with Crippen LogP contribution < -0.4 is 20.1 Å². The van der Waals surface area contributed by atoms with Gasteiger partial charge in [0.15, 0.2) is 11.5 Å². The first kappa shape index (κ1) is 22.5. The number of ether oxygens (including phenoxy) is 3. The highest BCUT2D eigenvalue weighted by atomic mass is 35.5. The molecule has 1 aromatic rings. The zero-order chi connectivity index (χ0) is 18.4. The van der Waals surface area contributed by atoms with Crippen molar-refractivity contribution in [2.24, 2.45) is 5.41 Å². The number of methoxy groups -OCH3 is 3. The zero-order valence-electron chi connectivity index (χ0n) is 15.7. The summed E-state index contributed by atoms with van der Waals surface area (Å²) in [5.41, 5.74) is -0.228. The summed E-state index contributed by atoms with van der Waals surface area (Å²) in [6.45, 7) is 3.62. The molecule has 1 saturated heterocycles. The molecule has 1 aliphatic heterocycles. The molecule has 0 radical (unpaired) electrons. The average Bonchev–Trinajstić information content (AvgIpc) is 2.62. The van der Waals surface area contributed by atoms with Gasteiger partial charge in [0.25, 0.3) is 0 Å². The van der Waals surface area contributed by atoms with E-state index in [-0.39, 0.29) is 18.3 Å². The number of nitrogens with one attached hydrogen (secondary N) is 2. The van der Waals surface area contributed by atoms with Crippen LogP contribution in [-0.2, 0) is 9.53 Å². The molecule has 1 atom stereocenters. The van der Waals surface area contributed by atoms with Gasteiger partial charge in [0.1, 0.15) is 5.82 Å². The molecule has 1 amide bonds. The fourth-order valence-electron chi connectivity index (χ4n) is 3.25. The van der Waals surface area contributed by atoms with E-state index in [2.05, 4.69) is 10.6 Å². The molecule has 1 heterocycles. The van der Waals surface area contributed by atoms with Crippen LogP contribution in [0, 0.1) is 11.2 Å². The van der Waals surface area contributed by atoms with Crippen LogP contribution >= 0.6 is 12.4 Å². The van der Waals surface area contributed by atoms with Gasteiger partial charge in [-0.3, -0.25) is 4.79 Å². The first-order valence-electron chi connectivity index (χ1n) is 8.39. The highest BCUT2D eigenvalue weighted by Crippen LogP contribution is 2.34. The van der Waals surface area contributed by atoms with Gasteiger partial charge in [0.05, 0.1) is 32.3 Å². The number of halogens is 2. The number of hydrogen-bond acceptors (Lipinski definition) is 5. The third kappa shape index (κ3) is 4.78. The van der Waals surface area contributed by atoms with Crippen molar-refractivity contribution in [1.29, 1.82) is 0 Å².